The molecular weight excluding hydrogens is 404 g/mol. The molecule has 2 rings (SSSR count). The smallest absolute Gasteiger partial charge is 0.272 e. The van der Waals surface area contributed by atoms with E-state index in [4.69, 9.17) is 4.74 Å². The highest BCUT2D eigenvalue weighted by Crippen LogP contribution is 2.25. The van der Waals surface area contributed by atoms with Crippen molar-refractivity contribution in [3.8, 4) is 5.75 Å². The van der Waals surface area contributed by atoms with Gasteiger partial charge in [-0.15, -0.1) is 16.2 Å². The fourth-order valence-corrected chi connectivity index (χ4v) is 4.48. The van der Waals surface area contributed by atoms with E-state index in [0.717, 1.165) is 22.5 Å². The molecule has 0 unspecified atom stereocenters. The van der Waals surface area contributed by atoms with E-state index in [0.29, 0.717) is 9.54 Å². The summed E-state index contributed by atoms with van der Waals surface area (Å²) in [6.07, 6.45) is 0. The number of halogens is 1. The van der Waals surface area contributed by atoms with Crippen LogP contribution in [0.3, 0.4) is 0 Å². The molecule has 124 valence electrons. The van der Waals surface area contributed by atoms with Gasteiger partial charge in [0.1, 0.15) is 9.96 Å². The van der Waals surface area contributed by atoms with Gasteiger partial charge < -0.3 is 4.74 Å². The lowest BCUT2D eigenvalue weighted by atomic mass is 10.1. The average molecular weight is 419 g/mol. The molecule has 1 amide bonds. The monoisotopic (exact) mass is 418 g/mol. The molecule has 9 heteroatoms. The first-order valence-electron chi connectivity index (χ1n) is 6.54. The molecule has 2 aromatic rings. The van der Waals surface area contributed by atoms with Crippen LogP contribution in [0, 0.1) is 13.8 Å². The van der Waals surface area contributed by atoms with Crippen molar-refractivity contribution in [3.63, 3.8) is 0 Å². The molecule has 0 spiro atoms. The van der Waals surface area contributed by atoms with E-state index in [2.05, 4.69) is 21.4 Å². The van der Waals surface area contributed by atoms with Crippen LogP contribution in [0.5, 0.6) is 5.75 Å². The van der Waals surface area contributed by atoms with Gasteiger partial charge in [-0.2, -0.15) is 0 Å². The Balaban J connectivity index is 1.86. The Hall–Kier alpha value is -1.42. The maximum Gasteiger partial charge on any atom is 0.272 e. The molecule has 1 heterocycles. The van der Waals surface area contributed by atoms with Gasteiger partial charge in [-0.3, -0.25) is 10.2 Å². The van der Waals surface area contributed by atoms with Gasteiger partial charge in [0.05, 0.1) is 3.79 Å². The highest BCUT2D eigenvalue weighted by molar-refractivity contribution is 9.11. The van der Waals surface area contributed by atoms with Crippen LogP contribution in [-0.4, -0.2) is 20.9 Å². The summed E-state index contributed by atoms with van der Waals surface area (Å²) in [4.78, 5) is 13.7. The summed E-state index contributed by atoms with van der Waals surface area (Å²) >= 11 is 4.23. The fourth-order valence-electron chi connectivity index (χ4n) is 1.61. The van der Waals surface area contributed by atoms with E-state index in [1.165, 1.54) is 6.07 Å². The summed E-state index contributed by atoms with van der Waals surface area (Å²) in [6, 6.07) is 8.51. The molecule has 0 radical (unpaired) electrons. The lowest BCUT2D eigenvalue weighted by molar-refractivity contribution is -0.123. The van der Waals surface area contributed by atoms with Crippen molar-refractivity contribution in [2.45, 2.75) is 18.1 Å². The normalized spacial score (nSPS) is 11.3. The summed E-state index contributed by atoms with van der Waals surface area (Å²) in [5, 5.41) is 0. The van der Waals surface area contributed by atoms with Crippen LogP contribution in [0.2, 0.25) is 0 Å². The molecule has 2 N–H and O–H groups in total. The quantitative estimate of drug-likeness (QED) is 0.705. The predicted molar refractivity (Wildman–Crippen MR) is 91.9 cm³/mol. The molecule has 0 fully saturated rings. The van der Waals surface area contributed by atoms with Gasteiger partial charge in [0.15, 0.2) is 6.61 Å². The van der Waals surface area contributed by atoms with Crippen LogP contribution in [0.4, 0.5) is 0 Å². The van der Waals surface area contributed by atoms with Crippen molar-refractivity contribution < 1.29 is 17.9 Å². The van der Waals surface area contributed by atoms with Crippen LogP contribution in [0.1, 0.15) is 11.1 Å². The number of rotatable bonds is 6. The van der Waals surface area contributed by atoms with Crippen molar-refractivity contribution in [2.75, 3.05) is 6.61 Å². The second kappa shape index (κ2) is 7.43. The summed E-state index contributed by atoms with van der Waals surface area (Å²) in [6.45, 7) is 3.62. The Morgan fingerprint density at radius 3 is 2.57 bits per heavy atom. The number of hydrogen-bond donors (Lipinski definition) is 2. The highest BCUT2D eigenvalue weighted by Gasteiger charge is 2.17. The van der Waals surface area contributed by atoms with Crippen LogP contribution >= 0.6 is 27.3 Å². The predicted octanol–water partition coefficient (Wildman–Crippen LogP) is 2.52. The van der Waals surface area contributed by atoms with E-state index in [-0.39, 0.29) is 10.8 Å². The Kier molecular flexibility index (Phi) is 5.79. The number of thiophene rings is 1. The maximum absolute atomic E-state index is 11.9. The van der Waals surface area contributed by atoms with Crippen LogP contribution < -0.4 is 15.0 Å². The summed E-state index contributed by atoms with van der Waals surface area (Å²) < 4.78 is 30.0. The standard InChI is InChI=1S/C14H15BrN2O4S2/c1-9-3-4-11(7-10(9)2)21-8-13(18)16-17-23(19,20)14-6-5-12(15)22-14/h3-7,17H,8H2,1-2H3,(H,16,18). The molecule has 1 aromatic heterocycles. The van der Waals surface area contributed by atoms with Gasteiger partial charge in [-0.05, 0) is 65.2 Å². The topological polar surface area (TPSA) is 84.5 Å². The van der Waals surface area contributed by atoms with Crippen molar-refractivity contribution in [1.82, 2.24) is 10.3 Å². The van der Waals surface area contributed by atoms with Gasteiger partial charge in [-0.1, -0.05) is 6.07 Å². The van der Waals surface area contributed by atoms with Crippen molar-refractivity contribution in [3.05, 3.63) is 45.2 Å². The van der Waals surface area contributed by atoms with Crippen molar-refractivity contribution >= 4 is 43.2 Å². The minimum absolute atomic E-state index is 0.0970. The molecule has 6 nitrogen and oxygen atoms in total. The average Bonchev–Trinajstić information content (AvgIpc) is 2.94. The molecule has 0 aliphatic heterocycles. The van der Waals surface area contributed by atoms with E-state index in [1.54, 1.807) is 12.1 Å². The second-order valence-corrected chi connectivity index (χ2v) is 9.12. The van der Waals surface area contributed by atoms with Crippen molar-refractivity contribution in [2.24, 2.45) is 0 Å². The van der Waals surface area contributed by atoms with Crippen LogP contribution in [0.25, 0.3) is 0 Å². The molecule has 0 aliphatic carbocycles. The first-order valence-corrected chi connectivity index (χ1v) is 9.63. The first-order chi connectivity index (χ1) is 10.8. The number of carbonyl (C=O) groups is 1. The fraction of sp³-hybridized carbons (Fsp3) is 0.214. The van der Waals surface area contributed by atoms with Gasteiger partial charge in [0.2, 0.25) is 0 Å². The molecule has 0 saturated carbocycles. The first kappa shape index (κ1) is 17.9. The molecule has 0 atom stereocenters. The summed E-state index contributed by atoms with van der Waals surface area (Å²) in [7, 11) is -3.78. The number of hydrogen-bond acceptors (Lipinski definition) is 5. The van der Waals surface area contributed by atoms with Crippen LogP contribution in [0.15, 0.2) is 38.3 Å². The zero-order valence-electron chi connectivity index (χ0n) is 12.4. The zero-order chi connectivity index (χ0) is 17.0. The Labute approximate surface area is 147 Å². The second-order valence-electron chi connectivity index (χ2n) is 4.75. The van der Waals surface area contributed by atoms with Crippen molar-refractivity contribution in [1.29, 1.82) is 0 Å². The summed E-state index contributed by atoms with van der Waals surface area (Å²) in [5.41, 5.74) is 4.29. The number of aryl methyl sites for hydroxylation is 2. The molecule has 0 aliphatic rings. The molecule has 0 bridgehead atoms. The SMILES string of the molecule is Cc1ccc(OCC(=O)NNS(=O)(=O)c2ccc(Br)s2)cc1C. The van der Waals surface area contributed by atoms with Gasteiger partial charge in [-0.25, -0.2) is 8.42 Å². The van der Waals surface area contributed by atoms with E-state index in [1.807, 2.05) is 30.8 Å². The number of ether oxygens (including phenoxy) is 1. The summed E-state index contributed by atoms with van der Waals surface area (Å²) in [5.74, 6) is -0.0456. The molecular formula is C14H15BrN2O4S2. The lowest BCUT2D eigenvalue weighted by Crippen LogP contribution is -2.43. The third kappa shape index (κ3) is 5.03. The van der Waals surface area contributed by atoms with Crippen LogP contribution in [-0.2, 0) is 14.8 Å². The number of benzene rings is 1. The Bertz CT molecular complexity index is 818. The lowest BCUT2D eigenvalue weighted by Gasteiger charge is -2.09. The number of sulfonamides is 1. The Morgan fingerprint density at radius 2 is 1.96 bits per heavy atom. The minimum atomic E-state index is -3.78. The molecule has 0 saturated heterocycles. The van der Waals surface area contributed by atoms with Gasteiger partial charge >= 0.3 is 0 Å². The third-order valence-corrected chi connectivity index (χ3v) is 6.35. The van der Waals surface area contributed by atoms with E-state index in [9.17, 15) is 13.2 Å². The number of nitrogens with one attached hydrogen (secondary N) is 2. The number of amides is 1. The third-order valence-electron chi connectivity index (χ3n) is 2.99. The highest BCUT2D eigenvalue weighted by atomic mass is 79.9. The number of hydrazine groups is 1. The largest absolute Gasteiger partial charge is 0.484 e. The minimum Gasteiger partial charge on any atom is -0.484 e. The van der Waals surface area contributed by atoms with Gasteiger partial charge in [0.25, 0.3) is 15.9 Å². The Morgan fingerprint density at radius 1 is 1.22 bits per heavy atom. The molecule has 1 aromatic carbocycles. The van der Waals surface area contributed by atoms with E-state index < -0.39 is 15.9 Å². The molecule has 23 heavy (non-hydrogen) atoms. The zero-order valence-corrected chi connectivity index (χ0v) is 15.6. The number of carbonyl (C=O) groups excluding carboxylic acids is 1. The van der Waals surface area contributed by atoms with E-state index >= 15 is 0 Å². The van der Waals surface area contributed by atoms with Gasteiger partial charge in [0, 0.05) is 0 Å². The maximum atomic E-state index is 11.9.